The fraction of sp³-hybridized carbons (Fsp3) is 0.214. The molecule has 1 heterocycles. The van der Waals surface area contributed by atoms with E-state index in [-0.39, 0.29) is 12.3 Å². The normalized spacial score (nSPS) is 21.3. The van der Waals surface area contributed by atoms with Crippen molar-refractivity contribution in [2.75, 3.05) is 11.4 Å². The van der Waals surface area contributed by atoms with Crippen molar-refractivity contribution in [2.45, 2.75) is 12.3 Å². The first-order valence-electron chi connectivity index (χ1n) is 5.80. The summed E-state index contributed by atoms with van der Waals surface area (Å²) in [4.78, 5) is 29.3. The van der Waals surface area contributed by atoms with Crippen LogP contribution in [0.1, 0.15) is 5.56 Å². The second-order valence-electron chi connectivity index (χ2n) is 4.19. The second-order valence-corrected chi connectivity index (χ2v) is 4.63. The van der Waals surface area contributed by atoms with E-state index in [0.29, 0.717) is 5.69 Å². The maximum atomic E-state index is 12.2. The third-order valence-corrected chi connectivity index (χ3v) is 3.18. The van der Waals surface area contributed by atoms with Gasteiger partial charge in [-0.25, -0.2) is 4.90 Å². The van der Waals surface area contributed by atoms with Crippen LogP contribution in [0.4, 0.5) is 5.69 Å². The Kier molecular flexibility index (Phi) is 3.81. The predicted octanol–water partition coefficient (Wildman–Crippen LogP) is 2.10. The second kappa shape index (κ2) is 5.36. The molecule has 4 nitrogen and oxygen atoms in total. The van der Waals surface area contributed by atoms with Gasteiger partial charge in [0.15, 0.2) is 5.38 Å². The van der Waals surface area contributed by atoms with Crippen LogP contribution in [0.5, 0.6) is 0 Å². The highest BCUT2D eigenvalue weighted by Crippen LogP contribution is 2.24. The van der Waals surface area contributed by atoms with E-state index in [1.807, 2.05) is 19.1 Å². The average Bonchev–Trinajstić information content (AvgIpc) is 2.60. The first-order chi connectivity index (χ1) is 9.06. The number of amides is 2. The number of benzene rings is 1. The van der Waals surface area contributed by atoms with E-state index in [1.165, 1.54) is 0 Å². The van der Waals surface area contributed by atoms with E-state index in [2.05, 4.69) is 11.6 Å². The lowest BCUT2D eigenvalue weighted by Crippen LogP contribution is -2.31. The highest BCUT2D eigenvalue weighted by molar-refractivity contribution is 6.68. The molecule has 2 rings (SSSR count). The van der Waals surface area contributed by atoms with Crippen molar-refractivity contribution in [3.05, 3.63) is 42.5 Å². The number of aryl methyl sites for hydroxylation is 1. The number of aliphatic imine (C=N–C) groups is 1. The van der Waals surface area contributed by atoms with Gasteiger partial charge in [0, 0.05) is 0 Å². The molecule has 1 fully saturated rings. The lowest BCUT2D eigenvalue weighted by molar-refractivity contribution is -0.120. The molecule has 2 amide bonds. The minimum Gasteiger partial charge on any atom is -0.278 e. The first-order valence-corrected chi connectivity index (χ1v) is 6.24. The Balaban J connectivity index is 2.37. The molecule has 0 bridgehead atoms. The number of alkyl halides is 1. The molecule has 0 aromatic heterocycles. The van der Waals surface area contributed by atoms with Crippen molar-refractivity contribution >= 4 is 34.8 Å². The van der Waals surface area contributed by atoms with Gasteiger partial charge in [0.1, 0.15) is 5.71 Å². The van der Waals surface area contributed by atoms with Crippen molar-refractivity contribution in [1.29, 1.82) is 0 Å². The zero-order valence-electron chi connectivity index (χ0n) is 10.5. The van der Waals surface area contributed by atoms with Crippen molar-refractivity contribution in [2.24, 2.45) is 4.99 Å². The van der Waals surface area contributed by atoms with Gasteiger partial charge >= 0.3 is 0 Å². The van der Waals surface area contributed by atoms with E-state index in [0.717, 1.165) is 10.5 Å². The summed E-state index contributed by atoms with van der Waals surface area (Å²) in [6.07, 6.45) is 1.54. The topological polar surface area (TPSA) is 49.7 Å². The van der Waals surface area contributed by atoms with Gasteiger partial charge in [0.05, 0.1) is 12.2 Å². The maximum absolute atomic E-state index is 12.2. The van der Waals surface area contributed by atoms with Gasteiger partial charge in [-0.05, 0) is 19.1 Å². The fourth-order valence-corrected chi connectivity index (χ4v) is 2.06. The maximum Gasteiger partial charge on any atom is 0.281 e. The molecule has 1 unspecified atom stereocenters. The van der Waals surface area contributed by atoms with Crippen molar-refractivity contribution in [1.82, 2.24) is 0 Å². The van der Waals surface area contributed by atoms with Crippen LogP contribution in [-0.2, 0) is 9.59 Å². The zero-order valence-corrected chi connectivity index (χ0v) is 11.2. The van der Waals surface area contributed by atoms with Crippen LogP contribution in [0, 0.1) is 6.92 Å². The number of halogens is 1. The number of hydrogen-bond donors (Lipinski definition) is 0. The van der Waals surface area contributed by atoms with Crippen molar-refractivity contribution in [3.8, 4) is 0 Å². The Morgan fingerprint density at radius 2 is 2.00 bits per heavy atom. The quantitative estimate of drug-likeness (QED) is 0.482. The van der Waals surface area contributed by atoms with E-state index in [4.69, 9.17) is 11.6 Å². The summed E-state index contributed by atoms with van der Waals surface area (Å²) in [5.41, 5.74) is 1.63. The van der Waals surface area contributed by atoms with Crippen LogP contribution >= 0.6 is 11.6 Å². The van der Waals surface area contributed by atoms with Crippen molar-refractivity contribution in [3.63, 3.8) is 0 Å². The molecule has 1 saturated heterocycles. The van der Waals surface area contributed by atoms with E-state index < -0.39 is 17.2 Å². The molecular weight excluding hydrogens is 264 g/mol. The first kappa shape index (κ1) is 13.5. The summed E-state index contributed by atoms with van der Waals surface area (Å²) in [6.45, 7) is 5.71. The van der Waals surface area contributed by atoms with Crippen LogP contribution in [0.25, 0.3) is 0 Å². The van der Waals surface area contributed by atoms with Gasteiger partial charge in [-0.1, -0.05) is 23.8 Å². The Morgan fingerprint density at radius 1 is 1.37 bits per heavy atom. The molecule has 0 saturated carbocycles. The van der Waals surface area contributed by atoms with Gasteiger partial charge in [-0.3, -0.25) is 14.6 Å². The van der Waals surface area contributed by atoms with Gasteiger partial charge in [-0.15, -0.1) is 18.2 Å². The Labute approximate surface area is 116 Å². The van der Waals surface area contributed by atoms with Crippen LogP contribution < -0.4 is 4.90 Å². The predicted molar refractivity (Wildman–Crippen MR) is 75.8 cm³/mol. The third kappa shape index (κ3) is 2.44. The highest BCUT2D eigenvalue weighted by Gasteiger charge is 2.44. The monoisotopic (exact) mass is 276 g/mol. The molecule has 0 radical (unpaired) electrons. The standard InChI is InChI=1S/C14H13ClN2O2/c1-3-8-16-12-11(15)13(18)17(14(12)19)10-6-4-9(2)5-7-10/h3-7,11H,1,8H2,2H3. The number of nitrogens with zero attached hydrogens (tertiary/aromatic N) is 2. The van der Waals surface area contributed by atoms with Gasteiger partial charge in [0.25, 0.3) is 11.8 Å². The van der Waals surface area contributed by atoms with E-state index in [1.54, 1.807) is 18.2 Å². The Hall–Kier alpha value is -1.94. The molecule has 1 aliphatic rings. The summed E-state index contributed by atoms with van der Waals surface area (Å²) in [5.74, 6) is -0.922. The average molecular weight is 277 g/mol. The largest absolute Gasteiger partial charge is 0.281 e. The summed E-state index contributed by atoms with van der Waals surface area (Å²) in [7, 11) is 0. The van der Waals surface area contributed by atoms with Crippen LogP contribution in [0.15, 0.2) is 41.9 Å². The summed E-state index contributed by atoms with van der Waals surface area (Å²) in [5, 5.41) is -1.02. The van der Waals surface area contributed by atoms with Gasteiger partial charge < -0.3 is 0 Å². The highest BCUT2D eigenvalue weighted by atomic mass is 35.5. The molecular formula is C14H13ClN2O2. The Morgan fingerprint density at radius 3 is 2.58 bits per heavy atom. The third-order valence-electron chi connectivity index (χ3n) is 2.78. The molecule has 0 spiro atoms. The minimum absolute atomic E-state index is 0.0761. The number of rotatable bonds is 3. The molecule has 0 N–H and O–H groups in total. The summed E-state index contributed by atoms with van der Waals surface area (Å²) < 4.78 is 0. The molecule has 98 valence electrons. The zero-order chi connectivity index (χ0) is 14.0. The molecule has 1 atom stereocenters. The number of imide groups is 1. The summed E-state index contributed by atoms with van der Waals surface area (Å²) in [6, 6.07) is 7.09. The van der Waals surface area contributed by atoms with E-state index >= 15 is 0 Å². The molecule has 1 aromatic carbocycles. The number of hydrogen-bond acceptors (Lipinski definition) is 3. The smallest absolute Gasteiger partial charge is 0.278 e. The fourth-order valence-electron chi connectivity index (χ4n) is 1.80. The molecule has 5 heteroatoms. The lowest BCUT2D eigenvalue weighted by Gasteiger charge is -2.13. The summed E-state index contributed by atoms with van der Waals surface area (Å²) >= 11 is 5.96. The molecule has 0 aliphatic carbocycles. The number of anilines is 1. The number of carbonyl (C=O) groups is 2. The van der Waals surface area contributed by atoms with Gasteiger partial charge in [0.2, 0.25) is 0 Å². The Bertz CT molecular complexity index is 563. The lowest BCUT2D eigenvalue weighted by atomic mass is 10.2. The minimum atomic E-state index is -1.02. The van der Waals surface area contributed by atoms with Crippen LogP contribution in [0.2, 0.25) is 0 Å². The molecule has 1 aliphatic heterocycles. The molecule has 1 aromatic rings. The number of carbonyl (C=O) groups excluding carboxylic acids is 2. The van der Waals surface area contributed by atoms with E-state index in [9.17, 15) is 9.59 Å². The van der Waals surface area contributed by atoms with Crippen LogP contribution in [0.3, 0.4) is 0 Å². The van der Waals surface area contributed by atoms with Gasteiger partial charge in [-0.2, -0.15) is 0 Å². The molecule has 19 heavy (non-hydrogen) atoms. The SMILES string of the molecule is C=CCN=C1C(=O)N(c2ccc(C)cc2)C(=O)C1Cl. The van der Waals surface area contributed by atoms with Crippen molar-refractivity contribution < 1.29 is 9.59 Å². The van der Waals surface area contributed by atoms with Crippen LogP contribution in [-0.4, -0.2) is 29.4 Å².